The molecule has 138 valence electrons. The topological polar surface area (TPSA) is 84.1 Å². The first-order valence-electron chi connectivity index (χ1n) is 8.60. The van der Waals surface area contributed by atoms with E-state index in [4.69, 9.17) is 22.3 Å². The molecule has 27 heavy (non-hydrogen) atoms. The Balaban J connectivity index is 1.79. The highest BCUT2D eigenvalue weighted by atomic mass is 35.5. The molecule has 1 saturated heterocycles. The van der Waals surface area contributed by atoms with Gasteiger partial charge in [-0.1, -0.05) is 29.8 Å². The Kier molecular flexibility index (Phi) is 5.07. The maximum absolute atomic E-state index is 11.6. The molecule has 0 unspecified atom stereocenters. The summed E-state index contributed by atoms with van der Waals surface area (Å²) in [6, 6.07) is 9.35. The molecule has 3 heterocycles. The number of thiazole rings is 1. The number of primary amides is 1. The number of hydrogen-bond acceptors (Lipinski definition) is 6. The number of aromatic nitrogens is 2. The monoisotopic (exact) mass is 399 g/mol. The van der Waals surface area contributed by atoms with Crippen LogP contribution in [0.3, 0.4) is 0 Å². The van der Waals surface area contributed by atoms with Crippen molar-refractivity contribution in [3.05, 3.63) is 52.6 Å². The summed E-state index contributed by atoms with van der Waals surface area (Å²) in [6.45, 7) is 3.54. The molecule has 3 N–H and O–H groups in total. The molecule has 4 rings (SSSR count). The Morgan fingerprint density at radius 2 is 2.00 bits per heavy atom. The van der Waals surface area contributed by atoms with Crippen molar-refractivity contribution in [2.24, 2.45) is 5.73 Å². The van der Waals surface area contributed by atoms with E-state index < -0.39 is 5.91 Å². The van der Waals surface area contributed by atoms with E-state index in [1.807, 2.05) is 29.6 Å². The Hall–Kier alpha value is -2.48. The normalized spacial score (nSPS) is 14.3. The smallest absolute Gasteiger partial charge is 0.267 e. The molecule has 6 nitrogen and oxygen atoms in total. The number of pyridine rings is 1. The summed E-state index contributed by atoms with van der Waals surface area (Å²) in [6.07, 6.45) is 1.72. The Morgan fingerprint density at radius 1 is 1.22 bits per heavy atom. The van der Waals surface area contributed by atoms with Gasteiger partial charge in [0.25, 0.3) is 5.91 Å². The van der Waals surface area contributed by atoms with Crippen molar-refractivity contribution in [3.63, 3.8) is 0 Å². The SMILES string of the molecule is NC(=O)c1cc(-c2nc(-c3ccccc3Cl)cs2)c(N2CCNCC2)cn1. The first kappa shape index (κ1) is 17.9. The molecular formula is C19H18ClN5OS. The van der Waals surface area contributed by atoms with E-state index in [0.29, 0.717) is 5.02 Å². The van der Waals surface area contributed by atoms with Crippen LogP contribution in [0.2, 0.25) is 5.02 Å². The molecule has 0 spiro atoms. The van der Waals surface area contributed by atoms with Crippen molar-refractivity contribution in [3.8, 4) is 21.8 Å². The Labute approximate surface area is 166 Å². The van der Waals surface area contributed by atoms with Crippen LogP contribution >= 0.6 is 22.9 Å². The number of nitrogens with two attached hydrogens (primary N) is 1. The van der Waals surface area contributed by atoms with Gasteiger partial charge in [0.05, 0.1) is 17.6 Å². The highest BCUT2D eigenvalue weighted by Crippen LogP contribution is 2.37. The van der Waals surface area contributed by atoms with Crippen LogP contribution in [0.5, 0.6) is 0 Å². The minimum Gasteiger partial charge on any atom is -0.367 e. The van der Waals surface area contributed by atoms with E-state index in [2.05, 4.69) is 15.2 Å². The van der Waals surface area contributed by atoms with Crippen LogP contribution in [0, 0.1) is 0 Å². The number of anilines is 1. The lowest BCUT2D eigenvalue weighted by atomic mass is 10.1. The van der Waals surface area contributed by atoms with E-state index in [0.717, 1.165) is 53.7 Å². The second-order valence-electron chi connectivity index (χ2n) is 6.21. The summed E-state index contributed by atoms with van der Waals surface area (Å²) in [5.41, 5.74) is 9.20. The molecule has 0 atom stereocenters. The molecule has 1 aromatic carbocycles. The zero-order chi connectivity index (χ0) is 18.8. The number of nitrogens with one attached hydrogen (secondary N) is 1. The average Bonchev–Trinajstić information content (AvgIpc) is 3.18. The number of amides is 1. The quantitative estimate of drug-likeness (QED) is 0.704. The van der Waals surface area contributed by atoms with E-state index in [9.17, 15) is 4.79 Å². The lowest BCUT2D eigenvalue weighted by molar-refractivity contribution is 0.0995. The van der Waals surface area contributed by atoms with Gasteiger partial charge in [-0.25, -0.2) is 9.97 Å². The summed E-state index contributed by atoms with van der Waals surface area (Å²) in [4.78, 5) is 22.9. The molecule has 0 radical (unpaired) electrons. The fourth-order valence-corrected chi connectivity index (χ4v) is 4.18. The van der Waals surface area contributed by atoms with Gasteiger partial charge in [0.2, 0.25) is 0 Å². The predicted molar refractivity (Wildman–Crippen MR) is 109 cm³/mol. The summed E-state index contributed by atoms with van der Waals surface area (Å²) < 4.78 is 0. The number of rotatable bonds is 4. The highest BCUT2D eigenvalue weighted by Gasteiger charge is 2.20. The summed E-state index contributed by atoms with van der Waals surface area (Å²) in [5.74, 6) is -0.550. The largest absolute Gasteiger partial charge is 0.367 e. The summed E-state index contributed by atoms with van der Waals surface area (Å²) in [7, 11) is 0. The maximum atomic E-state index is 11.6. The predicted octanol–water partition coefficient (Wildman–Crippen LogP) is 3.03. The Morgan fingerprint density at radius 3 is 2.74 bits per heavy atom. The third-order valence-electron chi connectivity index (χ3n) is 4.48. The lowest BCUT2D eigenvalue weighted by Crippen LogP contribution is -2.43. The van der Waals surface area contributed by atoms with Gasteiger partial charge in [-0.15, -0.1) is 11.3 Å². The molecule has 1 fully saturated rings. The van der Waals surface area contributed by atoms with Crippen LogP contribution in [0.1, 0.15) is 10.5 Å². The van der Waals surface area contributed by atoms with E-state index >= 15 is 0 Å². The molecule has 1 aliphatic heterocycles. The molecule has 0 saturated carbocycles. The first-order chi connectivity index (χ1) is 13.1. The molecular weight excluding hydrogens is 382 g/mol. The van der Waals surface area contributed by atoms with E-state index in [-0.39, 0.29) is 5.69 Å². The van der Waals surface area contributed by atoms with Gasteiger partial charge in [-0.05, 0) is 12.1 Å². The Bertz CT molecular complexity index is 984. The van der Waals surface area contributed by atoms with Crippen molar-refractivity contribution in [2.75, 3.05) is 31.1 Å². The minimum atomic E-state index is -0.550. The number of carbonyl (C=O) groups excluding carboxylic acids is 1. The average molecular weight is 400 g/mol. The third kappa shape index (κ3) is 3.66. The van der Waals surface area contributed by atoms with Crippen molar-refractivity contribution in [1.82, 2.24) is 15.3 Å². The van der Waals surface area contributed by atoms with Crippen LogP contribution in [-0.2, 0) is 0 Å². The number of nitrogens with zero attached hydrogens (tertiary/aromatic N) is 3. The van der Waals surface area contributed by atoms with Crippen LogP contribution in [0.25, 0.3) is 21.8 Å². The second kappa shape index (κ2) is 7.64. The van der Waals surface area contributed by atoms with Crippen LogP contribution < -0.4 is 16.0 Å². The van der Waals surface area contributed by atoms with Gasteiger partial charge < -0.3 is 16.0 Å². The third-order valence-corrected chi connectivity index (χ3v) is 5.68. The van der Waals surface area contributed by atoms with E-state index in [1.165, 1.54) is 11.3 Å². The van der Waals surface area contributed by atoms with Crippen molar-refractivity contribution in [1.29, 1.82) is 0 Å². The van der Waals surface area contributed by atoms with Gasteiger partial charge in [-0.2, -0.15) is 0 Å². The molecule has 0 bridgehead atoms. The number of hydrogen-bond donors (Lipinski definition) is 2. The fraction of sp³-hybridized carbons (Fsp3) is 0.211. The van der Waals surface area contributed by atoms with Crippen LogP contribution in [0.4, 0.5) is 5.69 Å². The van der Waals surface area contributed by atoms with Crippen LogP contribution in [-0.4, -0.2) is 42.1 Å². The van der Waals surface area contributed by atoms with Crippen molar-refractivity contribution in [2.45, 2.75) is 0 Å². The second-order valence-corrected chi connectivity index (χ2v) is 7.47. The molecule has 1 aliphatic rings. The fourth-order valence-electron chi connectivity index (χ4n) is 3.10. The molecule has 0 aliphatic carbocycles. The maximum Gasteiger partial charge on any atom is 0.267 e. The number of halogens is 1. The summed E-state index contributed by atoms with van der Waals surface area (Å²) >= 11 is 7.82. The van der Waals surface area contributed by atoms with Crippen LogP contribution in [0.15, 0.2) is 41.9 Å². The number of benzene rings is 1. The standard InChI is InChI=1S/C19H18ClN5OS/c20-14-4-2-1-3-12(14)16-11-27-19(24-16)13-9-15(18(21)26)23-10-17(13)25-7-5-22-6-8-25/h1-4,9-11,22H,5-8H2,(H2,21,26). The molecule has 8 heteroatoms. The number of piperazine rings is 1. The van der Waals surface area contributed by atoms with Crippen molar-refractivity contribution >= 4 is 34.5 Å². The molecule has 1 amide bonds. The van der Waals surface area contributed by atoms with E-state index in [1.54, 1.807) is 12.3 Å². The number of carbonyl (C=O) groups is 1. The van der Waals surface area contributed by atoms with Gasteiger partial charge in [0.15, 0.2) is 0 Å². The molecule has 2 aromatic heterocycles. The zero-order valence-electron chi connectivity index (χ0n) is 14.5. The van der Waals surface area contributed by atoms with Crippen molar-refractivity contribution < 1.29 is 4.79 Å². The zero-order valence-corrected chi connectivity index (χ0v) is 16.1. The summed E-state index contributed by atoms with van der Waals surface area (Å²) in [5, 5.41) is 6.78. The van der Waals surface area contributed by atoms with Gasteiger partial charge >= 0.3 is 0 Å². The minimum absolute atomic E-state index is 0.235. The van der Waals surface area contributed by atoms with Gasteiger partial charge in [0.1, 0.15) is 10.7 Å². The highest BCUT2D eigenvalue weighted by molar-refractivity contribution is 7.13. The van der Waals surface area contributed by atoms with Gasteiger partial charge in [0, 0.05) is 47.7 Å². The lowest BCUT2D eigenvalue weighted by Gasteiger charge is -2.30. The first-order valence-corrected chi connectivity index (χ1v) is 9.85. The van der Waals surface area contributed by atoms with Gasteiger partial charge in [-0.3, -0.25) is 4.79 Å². The molecule has 3 aromatic rings.